The van der Waals surface area contributed by atoms with Crippen LogP contribution in [-0.4, -0.2) is 22.4 Å². The first-order chi connectivity index (χ1) is 4.52. The second-order valence-corrected chi connectivity index (χ2v) is 3.51. The first kappa shape index (κ1) is 10.1. The lowest BCUT2D eigenvalue weighted by Gasteiger charge is -2.27. The van der Waals surface area contributed by atoms with Crippen LogP contribution in [0.5, 0.6) is 0 Å². The lowest BCUT2D eigenvalue weighted by atomic mass is 10.1. The Balaban J connectivity index is 3.64. The molecule has 0 spiro atoms. The highest BCUT2D eigenvalue weighted by atomic mass is 28.2. The van der Waals surface area contributed by atoms with Crippen LogP contribution in [0.15, 0.2) is 0 Å². The van der Waals surface area contributed by atoms with Gasteiger partial charge < -0.3 is 9.16 Å². The molecule has 0 aromatic carbocycles. The summed E-state index contributed by atoms with van der Waals surface area (Å²) in [5.41, 5.74) is -0.0379. The van der Waals surface area contributed by atoms with Gasteiger partial charge in [0.15, 0.2) is 0 Å². The van der Waals surface area contributed by atoms with Crippen molar-refractivity contribution in [3.05, 3.63) is 0 Å². The Labute approximate surface area is 66.5 Å². The van der Waals surface area contributed by atoms with Crippen LogP contribution in [0, 0.1) is 0 Å². The van der Waals surface area contributed by atoms with Crippen LogP contribution in [0.25, 0.3) is 0 Å². The maximum Gasteiger partial charge on any atom is 0.149 e. The number of ether oxygens (including phenoxy) is 1. The van der Waals surface area contributed by atoms with Gasteiger partial charge in [-0.3, -0.25) is 0 Å². The molecule has 3 heteroatoms. The zero-order chi connectivity index (χ0) is 8.20. The molecule has 0 heterocycles. The molecule has 62 valence electrons. The maximum atomic E-state index is 5.55. The van der Waals surface area contributed by atoms with Crippen molar-refractivity contribution in [3.8, 4) is 0 Å². The monoisotopic (exact) mass is 162 g/mol. The topological polar surface area (TPSA) is 18.5 Å². The minimum absolute atomic E-state index is 0.0379. The first-order valence-electron chi connectivity index (χ1n) is 3.72. The van der Waals surface area contributed by atoms with Crippen molar-refractivity contribution >= 4 is 10.5 Å². The molecule has 0 rings (SSSR count). The van der Waals surface area contributed by atoms with Crippen molar-refractivity contribution < 1.29 is 9.16 Å². The second-order valence-electron chi connectivity index (χ2n) is 3.03. The third-order valence-corrected chi connectivity index (χ3v) is 2.33. The molecule has 0 saturated carbocycles. The predicted molar refractivity (Wildman–Crippen MR) is 45.9 cm³/mol. The number of hydrogen-bond donors (Lipinski definition) is 0. The molecule has 0 aliphatic carbocycles. The van der Waals surface area contributed by atoms with Crippen LogP contribution in [-0.2, 0) is 9.16 Å². The van der Waals surface area contributed by atoms with Crippen LogP contribution < -0.4 is 0 Å². The fraction of sp³-hybridized carbons (Fsp3) is 1.00. The van der Waals surface area contributed by atoms with E-state index in [1.54, 1.807) is 0 Å². The number of rotatable bonds is 4. The highest BCUT2D eigenvalue weighted by Gasteiger charge is 2.17. The second kappa shape index (κ2) is 4.11. The molecule has 0 N–H and O–H groups in total. The molecule has 0 amide bonds. The highest BCUT2D eigenvalue weighted by Crippen LogP contribution is 2.15. The zero-order valence-electron chi connectivity index (χ0n) is 7.60. The van der Waals surface area contributed by atoms with Gasteiger partial charge in [0.2, 0.25) is 0 Å². The van der Waals surface area contributed by atoms with E-state index >= 15 is 0 Å². The highest BCUT2D eigenvalue weighted by molar-refractivity contribution is 5.98. The van der Waals surface area contributed by atoms with E-state index in [4.69, 9.17) is 9.16 Å². The Morgan fingerprint density at radius 1 is 1.50 bits per heavy atom. The molecule has 0 aromatic heterocycles. The third-order valence-electron chi connectivity index (χ3n) is 1.67. The molecule has 0 aliphatic heterocycles. The molecule has 2 nitrogen and oxygen atoms in total. The van der Waals surface area contributed by atoms with Gasteiger partial charge in [-0.25, -0.2) is 0 Å². The standard InChI is InChI=1S/C7H18O2Si/c1-5-7(3,4)8-6(2)9-10/h6H,5H2,1-4,10H3. The molecular weight excluding hydrogens is 144 g/mol. The molecular formula is C7H18O2Si. The van der Waals surface area contributed by atoms with Crippen molar-refractivity contribution in [2.75, 3.05) is 0 Å². The molecule has 0 radical (unpaired) electrons. The van der Waals surface area contributed by atoms with Gasteiger partial charge in [0.25, 0.3) is 0 Å². The smallest absolute Gasteiger partial charge is 0.149 e. The fourth-order valence-corrected chi connectivity index (χ4v) is 0.677. The van der Waals surface area contributed by atoms with E-state index in [0.717, 1.165) is 16.9 Å². The average molecular weight is 162 g/mol. The van der Waals surface area contributed by atoms with Crippen molar-refractivity contribution in [2.24, 2.45) is 0 Å². The van der Waals surface area contributed by atoms with Gasteiger partial charge in [0, 0.05) is 0 Å². The van der Waals surface area contributed by atoms with Gasteiger partial charge in [-0.15, -0.1) is 0 Å². The largest absolute Gasteiger partial charge is 0.404 e. The van der Waals surface area contributed by atoms with Gasteiger partial charge in [-0.05, 0) is 27.2 Å². The van der Waals surface area contributed by atoms with Crippen LogP contribution in [0.2, 0.25) is 0 Å². The third kappa shape index (κ3) is 4.03. The summed E-state index contributed by atoms with van der Waals surface area (Å²) in [7, 11) is 0.744. The Morgan fingerprint density at radius 2 is 2.00 bits per heavy atom. The van der Waals surface area contributed by atoms with Crippen LogP contribution in [0.1, 0.15) is 34.1 Å². The first-order valence-corrected chi connectivity index (χ1v) is 4.54. The normalized spacial score (nSPS) is 15.6. The summed E-state index contributed by atoms with van der Waals surface area (Å²) in [6.45, 7) is 8.19. The van der Waals surface area contributed by atoms with Crippen molar-refractivity contribution in [2.45, 2.75) is 46.0 Å². The van der Waals surface area contributed by atoms with Crippen LogP contribution >= 0.6 is 0 Å². The summed E-state index contributed by atoms with van der Waals surface area (Å²) in [6.07, 6.45) is 0.976. The summed E-state index contributed by atoms with van der Waals surface area (Å²) in [5.74, 6) is 0. The lowest BCUT2D eigenvalue weighted by Crippen LogP contribution is -2.29. The molecule has 0 saturated heterocycles. The van der Waals surface area contributed by atoms with Gasteiger partial charge in [-0.1, -0.05) is 6.92 Å². The number of hydrogen-bond acceptors (Lipinski definition) is 2. The SMILES string of the molecule is CCC(C)(C)OC(C)O[SiH3]. The Hall–Kier alpha value is 0.137. The van der Waals surface area contributed by atoms with Gasteiger partial charge in [-0.2, -0.15) is 0 Å². The van der Waals surface area contributed by atoms with E-state index in [2.05, 4.69) is 20.8 Å². The molecule has 10 heavy (non-hydrogen) atoms. The van der Waals surface area contributed by atoms with E-state index in [1.165, 1.54) is 0 Å². The maximum absolute atomic E-state index is 5.55. The molecule has 0 bridgehead atoms. The summed E-state index contributed by atoms with van der Waals surface area (Å²) < 4.78 is 10.7. The summed E-state index contributed by atoms with van der Waals surface area (Å²) in [5, 5.41) is 0. The van der Waals surface area contributed by atoms with Gasteiger partial charge >= 0.3 is 0 Å². The zero-order valence-corrected chi connectivity index (χ0v) is 9.60. The quantitative estimate of drug-likeness (QED) is 0.450. The van der Waals surface area contributed by atoms with Crippen LogP contribution in [0.3, 0.4) is 0 Å². The van der Waals surface area contributed by atoms with Gasteiger partial charge in [0.05, 0.1) is 5.60 Å². The van der Waals surface area contributed by atoms with E-state index in [9.17, 15) is 0 Å². The predicted octanol–water partition coefficient (Wildman–Crippen LogP) is 0.835. The van der Waals surface area contributed by atoms with E-state index in [1.807, 2.05) is 6.92 Å². The van der Waals surface area contributed by atoms with E-state index in [0.29, 0.717) is 0 Å². The van der Waals surface area contributed by atoms with Crippen molar-refractivity contribution in [1.82, 2.24) is 0 Å². The molecule has 1 unspecified atom stereocenters. The molecule has 0 fully saturated rings. The minimum atomic E-state index is -0.0402. The van der Waals surface area contributed by atoms with Crippen molar-refractivity contribution in [3.63, 3.8) is 0 Å². The minimum Gasteiger partial charge on any atom is -0.404 e. The summed E-state index contributed by atoms with van der Waals surface area (Å²) >= 11 is 0. The molecule has 0 aromatic rings. The molecule has 0 aliphatic rings. The summed E-state index contributed by atoms with van der Waals surface area (Å²) in [6, 6.07) is 0. The molecule has 1 atom stereocenters. The summed E-state index contributed by atoms with van der Waals surface area (Å²) in [4.78, 5) is 0. The van der Waals surface area contributed by atoms with Gasteiger partial charge in [0.1, 0.15) is 16.8 Å². The van der Waals surface area contributed by atoms with E-state index < -0.39 is 0 Å². The average Bonchev–Trinajstić information content (AvgIpc) is 1.87. The Bertz CT molecular complexity index is 93.6. The Kier molecular flexibility index (Phi) is 4.16. The van der Waals surface area contributed by atoms with Crippen LogP contribution in [0.4, 0.5) is 0 Å². The Morgan fingerprint density at radius 3 is 2.30 bits per heavy atom. The lowest BCUT2D eigenvalue weighted by molar-refractivity contribution is -0.147. The van der Waals surface area contributed by atoms with E-state index in [-0.39, 0.29) is 11.9 Å². The van der Waals surface area contributed by atoms with Crippen molar-refractivity contribution in [1.29, 1.82) is 0 Å². The fourth-order valence-electron chi connectivity index (χ4n) is 0.581.